The molecule has 0 radical (unpaired) electrons. The summed E-state index contributed by atoms with van der Waals surface area (Å²) in [6, 6.07) is 7.79. The molecule has 0 unspecified atom stereocenters. The summed E-state index contributed by atoms with van der Waals surface area (Å²) in [5.41, 5.74) is 2.49. The van der Waals surface area contributed by atoms with E-state index >= 15 is 0 Å². The Morgan fingerprint density at radius 1 is 1.27 bits per heavy atom. The molecule has 4 nitrogen and oxygen atoms in total. The number of hydrogen-bond acceptors (Lipinski definition) is 2. The summed E-state index contributed by atoms with van der Waals surface area (Å²) < 4.78 is 15.9. The van der Waals surface area contributed by atoms with Gasteiger partial charge >= 0.3 is 0 Å². The Bertz CT molecular complexity index is 816. The Labute approximate surface area is 128 Å². The normalized spacial score (nSPS) is 11.5. The van der Waals surface area contributed by atoms with Gasteiger partial charge in [-0.1, -0.05) is 32.0 Å². The zero-order valence-corrected chi connectivity index (χ0v) is 12.7. The van der Waals surface area contributed by atoms with E-state index in [4.69, 9.17) is 0 Å². The van der Waals surface area contributed by atoms with E-state index in [2.05, 4.69) is 5.10 Å². The van der Waals surface area contributed by atoms with Gasteiger partial charge in [-0.15, -0.1) is 0 Å². The number of para-hydroxylation sites is 1. The number of rotatable bonds is 5. The van der Waals surface area contributed by atoms with Crippen LogP contribution in [-0.4, -0.2) is 26.8 Å². The monoisotopic (exact) mass is 299 g/mol. The predicted octanol–water partition coefficient (Wildman–Crippen LogP) is 3.64. The van der Waals surface area contributed by atoms with Crippen molar-refractivity contribution in [3.05, 3.63) is 48.4 Å². The number of ketones is 1. The van der Waals surface area contributed by atoms with Crippen LogP contribution in [0, 0.1) is 5.92 Å². The molecule has 3 aromatic rings. The zero-order chi connectivity index (χ0) is 15.7. The Morgan fingerprint density at radius 2 is 2.05 bits per heavy atom. The molecule has 0 spiro atoms. The predicted molar refractivity (Wildman–Crippen MR) is 84.2 cm³/mol. The SMILES string of the molecule is CC(C)C(=O)c1cn(-c2cnn(CCF)c2)c2ccccc12. The lowest BCUT2D eigenvalue weighted by Gasteiger charge is -2.01. The Balaban J connectivity index is 2.15. The van der Waals surface area contributed by atoms with Crippen LogP contribution in [0.4, 0.5) is 4.39 Å². The van der Waals surface area contributed by atoms with E-state index in [1.165, 1.54) is 0 Å². The fraction of sp³-hybridized carbons (Fsp3) is 0.294. The highest BCUT2D eigenvalue weighted by atomic mass is 19.1. The maximum Gasteiger partial charge on any atom is 0.167 e. The first-order valence-corrected chi connectivity index (χ1v) is 7.35. The van der Waals surface area contributed by atoms with Crippen molar-refractivity contribution in [1.82, 2.24) is 14.3 Å². The standard InChI is InChI=1S/C17H18FN3O/c1-12(2)17(22)15-11-21(16-6-4-3-5-14(15)16)13-9-19-20(10-13)8-7-18/h3-6,9-12H,7-8H2,1-2H3. The van der Waals surface area contributed by atoms with E-state index in [9.17, 15) is 9.18 Å². The molecule has 22 heavy (non-hydrogen) atoms. The van der Waals surface area contributed by atoms with Gasteiger partial charge in [0.15, 0.2) is 5.78 Å². The maximum absolute atomic E-state index is 12.4. The van der Waals surface area contributed by atoms with Crippen LogP contribution >= 0.6 is 0 Å². The number of benzene rings is 1. The van der Waals surface area contributed by atoms with Gasteiger partial charge in [0.25, 0.3) is 0 Å². The number of alkyl halides is 1. The van der Waals surface area contributed by atoms with E-state index in [1.807, 2.05) is 48.9 Å². The van der Waals surface area contributed by atoms with Gasteiger partial charge in [0, 0.05) is 29.3 Å². The summed E-state index contributed by atoms with van der Waals surface area (Å²) in [5.74, 6) is 0.0552. The number of Topliss-reactive ketones (excluding diaryl/α,β-unsaturated/α-hetero) is 1. The fourth-order valence-corrected chi connectivity index (χ4v) is 2.59. The molecule has 0 aliphatic carbocycles. The van der Waals surface area contributed by atoms with E-state index in [-0.39, 0.29) is 18.2 Å². The first kappa shape index (κ1) is 14.5. The van der Waals surface area contributed by atoms with Gasteiger partial charge in [0.1, 0.15) is 6.67 Å². The second-order valence-electron chi connectivity index (χ2n) is 5.60. The fourth-order valence-electron chi connectivity index (χ4n) is 2.59. The molecule has 0 bridgehead atoms. The van der Waals surface area contributed by atoms with Gasteiger partial charge in [-0.25, -0.2) is 4.39 Å². The molecule has 3 rings (SSSR count). The topological polar surface area (TPSA) is 39.8 Å². The summed E-state index contributed by atoms with van der Waals surface area (Å²) in [5, 5.41) is 5.08. The molecule has 1 aromatic carbocycles. The molecule has 2 aromatic heterocycles. The highest BCUT2D eigenvalue weighted by Crippen LogP contribution is 2.26. The van der Waals surface area contributed by atoms with Crippen LogP contribution in [0.5, 0.6) is 0 Å². The minimum atomic E-state index is -0.454. The largest absolute Gasteiger partial charge is 0.313 e. The summed E-state index contributed by atoms with van der Waals surface area (Å²) >= 11 is 0. The highest BCUT2D eigenvalue weighted by Gasteiger charge is 2.18. The highest BCUT2D eigenvalue weighted by molar-refractivity contribution is 6.09. The molecule has 0 amide bonds. The molecule has 114 valence electrons. The summed E-state index contributed by atoms with van der Waals surface area (Å²) in [4.78, 5) is 12.4. The van der Waals surface area contributed by atoms with E-state index in [0.29, 0.717) is 5.56 Å². The quantitative estimate of drug-likeness (QED) is 0.675. The number of carbonyl (C=O) groups excluding carboxylic acids is 1. The van der Waals surface area contributed by atoms with Crippen molar-refractivity contribution in [2.45, 2.75) is 20.4 Å². The van der Waals surface area contributed by atoms with E-state index < -0.39 is 6.67 Å². The minimum absolute atomic E-state index is 0.0616. The molecule has 0 N–H and O–H groups in total. The van der Waals surface area contributed by atoms with Crippen molar-refractivity contribution >= 4 is 16.7 Å². The van der Waals surface area contributed by atoms with Crippen LogP contribution in [0.25, 0.3) is 16.6 Å². The molecule has 0 aliphatic rings. The Kier molecular flexibility index (Phi) is 3.79. The number of aryl methyl sites for hydroxylation is 1. The molecule has 0 fully saturated rings. The van der Waals surface area contributed by atoms with E-state index in [0.717, 1.165) is 16.6 Å². The Morgan fingerprint density at radius 3 is 2.77 bits per heavy atom. The first-order chi connectivity index (χ1) is 10.6. The van der Waals surface area contributed by atoms with Gasteiger partial charge in [-0.2, -0.15) is 5.10 Å². The molecule has 0 saturated heterocycles. The van der Waals surface area contributed by atoms with Crippen molar-refractivity contribution in [1.29, 1.82) is 0 Å². The van der Waals surface area contributed by atoms with Gasteiger partial charge in [-0.05, 0) is 6.07 Å². The van der Waals surface area contributed by atoms with Crippen molar-refractivity contribution in [3.8, 4) is 5.69 Å². The van der Waals surface area contributed by atoms with Crippen LogP contribution in [0.3, 0.4) is 0 Å². The second-order valence-corrected chi connectivity index (χ2v) is 5.60. The van der Waals surface area contributed by atoms with Gasteiger partial charge in [0.05, 0.1) is 23.9 Å². The third kappa shape index (κ3) is 2.43. The second kappa shape index (κ2) is 5.75. The molecule has 0 saturated carbocycles. The third-order valence-corrected chi connectivity index (χ3v) is 3.71. The molecular weight excluding hydrogens is 281 g/mol. The lowest BCUT2D eigenvalue weighted by Crippen LogP contribution is -2.06. The first-order valence-electron chi connectivity index (χ1n) is 7.35. The van der Waals surface area contributed by atoms with Crippen LogP contribution in [0.15, 0.2) is 42.9 Å². The van der Waals surface area contributed by atoms with Crippen molar-refractivity contribution < 1.29 is 9.18 Å². The van der Waals surface area contributed by atoms with Gasteiger partial charge < -0.3 is 4.57 Å². The van der Waals surface area contributed by atoms with Crippen molar-refractivity contribution in [3.63, 3.8) is 0 Å². The average molecular weight is 299 g/mol. The minimum Gasteiger partial charge on any atom is -0.313 e. The molecule has 0 atom stereocenters. The number of aromatic nitrogens is 3. The smallest absolute Gasteiger partial charge is 0.167 e. The van der Waals surface area contributed by atoms with Gasteiger partial charge in [-0.3, -0.25) is 9.48 Å². The third-order valence-electron chi connectivity index (χ3n) is 3.71. The summed E-state index contributed by atoms with van der Waals surface area (Å²) in [7, 11) is 0. The molecule has 0 aliphatic heterocycles. The zero-order valence-electron chi connectivity index (χ0n) is 12.7. The number of halogens is 1. The van der Waals surface area contributed by atoms with Gasteiger partial charge in [0.2, 0.25) is 0 Å². The Hall–Kier alpha value is -2.43. The molecular formula is C17H18FN3O. The van der Waals surface area contributed by atoms with Crippen molar-refractivity contribution in [2.75, 3.05) is 6.67 Å². The summed E-state index contributed by atoms with van der Waals surface area (Å²) in [6.45, 7) is 3.57. The number of fused-ring (bicyclic) bond motifs is 1. The van der Waals surface area contributed by atoms with E-state index in [1.54, 1.807) is 17.1 Å². The van der Waals surface area contributed by atoms with Crippen LogP contribution in [0.1, 0.15) is 24.2 Å². The number of nitrogens with zero attached hydrogens (tertiary/aromatic N) is 3. The average Bonchev–Trinajstić information content (AvgIpc) is 3.11. The van der Waals surface area contributed by atoms with Crippen LogP contribution < -0.4 is 0 Å². The number of hydrogen-bond donors (Lipinski definition) is 0. The lowest BCUT2D eigenvalue weighted by molar-refractivity contribution is 0.0941. The van der Waals surface area contributed by atoms with Crippen LogP contribution in [0.2, 0.25) is 0 Å². The number of carbonyl (C=O) groups is 1. The molecule has 2 heterocycles. The summed E-state index contributed by atoms with van der Waals surface area (Å²) in [6.07, 6.45) is 5.32. The van der Waals surface area contributed by atoms with Crippen LogP contribution in [-0.2, 0) is 6.54 Å². The maximum atomic E-state index is 12.4. The molecule has 5 heteroatoms. The lowest BCUT2D eigenvalue weighted by atomic mass is 10.0. The van der Waals surface area contributed by atoms with Crippen molar-refractivity contribution in [2.24, 2.45) is 5.92 Å².